The van der Waals surface area contributed by atoms with Gasteiger partial charge in [-0.2, -0.15) is 0 Å². The van der Waals surface area contributed by atoms with Crippen molar-refractivity contribution in [2.45, 2.75) is 32.6 Å². The molecular weight excluding hydrogens is 332 g/mol. The molecule has 0 aliphatic carbocycles. The van der Waals surface area contributed by atoms with Crippen molar-refractivity contribution in [3.63, 3.8) is 0 Å². The van der Waals surface area contributed by atoms with E-state index in [0.29, 0.717) is 11.8 Å². The first-order chi connectivity index (χ1) is 12.2. The van der Waals surface area contributed by atoms with E-state index in [9.17, 15) is 0 Å². The first-order valence-electron chi connectivity index (χ1n) is 8.97. The molecule has 25 heavy (non-hydrogen) atoms. The van der Waals surface area contributed by atoms with Crippen LogP contribution in [0.1, 0.15) is 38.2 Å². The molecule has 0 saturated carbocycles. The molecule has 1 aliphatic rings. The molecule has 4 rings (SSSR count). The Morgan fingerprint density at radius 3 is 2.72 bits per heavy atom. The summed E-state index contributed by atoms with van der Waals surface area (Å²) in [6.45, 7) is 7.14. The average molecular weight is 356 g/mol. The van der Waals surface area contributed by atoms with Crippen molar-refractivity contribution in [3.8, 4) is 11.3 Å². The SMILES string of the molecule is CC(C)c1ccc(-c2cnc3sc(NCC4CCOCC4)nn23)cc1. The molecule has 5 nitrogen and oxygen atoms in total. The largest absolute Gasteiger partial charge is 0.381 e. The summed E-state index contributed by atoms with van der Waals surface area (Å²) in [5.74, 6) is 1.22. The number of hydrogen-bond acceptors (Lipinski definition) is 5. The third-order valence-corrected chi connectivity index (χ3v) is 5.72. The van der Waals surface area contributed by atoms with Crippen LogP contribution in [0.2, 0.25) is 0 Å². The van der Waals surface area contributed by atoms with E-state index in [0.717, 1.165) is 53.9 Å². The van der Waals surface area contributed by atoms with Gasteiger partial charge in [0.2, 0.25) is 10.1 Å². The fraction of sp³-hybridized carbons (Fsp3) is 0.474. The molecular formula is C19H24N4OS. The molecule has 1 fully saturated rings. The van der Waals surface area contributed by atoms with Gasteiger partial charge in [0.25, 0.3) is 0 Å². The fourth-order valence-electron chi connectivity index (χ4n) is 3.18. The molecule has 1 aromatic carbocycles. The molecule has 1 aliphatic heterocycles. The monoisotopic (exact) mass is 356 g/mol. The van der Waals surface area contributed by atoms with Crippen molar-refractivity contribution in [3.05, 3.63) is 36.0 Å². The zero-order valence-corrected chi connectivity index (χ0v) is 15.6. The predicted molar refractivity (Wildman–Crippen MR) is 102 cm³/mol. The molecule has 3 aromatic rings. The quantitative estimate of drug-likeness (QED) is 0.735. The molecule has 0 radical (unpaired) electrons. The highest BCUT2D eigenvalue weighted by Crippen LogP contribution is 2.27. The van der Waals surface area contributed by atoms with Crippen molar-refractivity contribution < 1.29 is 4.74 Å². The normalized spacial score (nSPS) is 16.0. The Hall–Kier alpha value is -1.92. The van der Waals surface area contributed by atoms with E-state index in [4.69, 9.17) is 9.84 Å². The van der Waals surface area contributed by atoms with Crippen LogP contribution in [0.15, 0.2) is 30.5 Å². The van der Waals surface area contributed by atoms with Crippen LogP contribution in [-0.2, 0) is 4.74 Å². The van der Waals surface area contributed by atoms with E-state index in [-0.39, 0.29) is 0 Å². The van der Waals surface area contributed by atoms with Crippen LogP contribution in [0.3, 0.4) is 0 Å². The minimum atomic E-state index is 0.541. The van der Waals surface area contributed by atoms with Gasteiger partial charge in [0, 0.05) is 25.3 Å². The maximum Gasteiger partial charge on any atom is 0.214 e. The lowest BCUT2D eigenvalue weighted by Crippen LogP contribution is -2.22. The highest BCUT2D eigenvalue weighted by Gasteiger charge is 2.16. The van der Waals surface area contributed by atoms with E-state index in [1.54, 1.807) is 11.3 Å². The van der Waals surface area contributed by atoms with E-state index >= 15 is 0 Å². The molecule has 132 valence electrons. The number of imidazole rings is 1. The van der Waals surface area contributed by atoms with Gasteiger partial charge in [-0.3, -0.25) is 0 Å². The second-order valence-electron chi connectivity index (χ2n) is 6.96. The minimum absolute atomic E-state index is 0.541. The maximum absolute atomic E-state index is 5.42. The topological polar surface area (TPSA) is 51.5 Å². The summed E-state index contributed by atoms with van der Waals surface area (Å²) >= 11 is 1.61. The van der Waals surface area contributed by atoms with E-state index in [2.05, 4.69) is 48.4 Å². The summed E-state index contributed by atoms with van der Waals surface area (Å²) in [4.78, 5) is 5.46. The van der Waals surface area contributed by atoms with Crippen molar-refractivity contribution >= 4 is 21.4 Å². The van der Waals surface area contributed by atoms with Crippen LogP contribution >= 0.6 is 11.3 Å². The third-order valence-electron chi connectivity index (χ3n) is 4.84. The summed E-state index contributed by atoms with van der Waals surface area (Å²) in [5.41, 5.74) is 3.54. The summed E-state index contributed by atoms with van der Waals surface area (Å²) in [6, 6.07) is 8.70. The summed E-state index contributed by atoms with van der Waals surface area (Å²) in [7, 11) is 0. The minimum Gasteiger partial charge on any atom is -0.381 e. The van der Waals surface area contributed by atoms with E-state index in [1.807, 2.05) is 10.7 Å². The zero-order valence-electron chi connectivity index (χ0n) is 14.7. The Kier molecular flexibility index (Phi) is 4.72. The number of benzene rings is 1. The second kappa shape index (κ2) is 7.14. The lowest BCUT2D eigenvalue weighted by atomic mass is 10.0. The van der Waals surface area contributed by atoms with Gasteiger partial charge in [-0.25, -0.2) is 9.50 Å². The molecule has 0 atom stereocenters. The summed E-state index contributed by atoms with van der Waals surface area (Å²) in [5, 5.41) is 9.14. The highest BCUT2D eigenvalue weighted by molar-refractivity contribution is 7.20. The van der Waals surface area contributed by atoms with Gasteiger partial charge in [-0.1, -0.05) is 49.4 Å². The Labute approximate surface area is 152 Å². The molecule has 0 spiro atoms. The number of rotatable bonds is 5. The van der Waals surface area contributed by atoms with Gasteiger partial charge in [-0.15, -0.1) is 5.10 Å². The first-order valence-corrected chi connectivity index (χ1v) is 9.79. The lowest BCUT2D eigenvalue weighted by Gasteiger charge is -2.21. The number of nitrogens with one attached hydrogen (secondary N) is 1. The molecule has 2 aromatic heterocycles. The second-order valence-corrected chi connectivity index (χ2v) is 7.91. The van der Waals surface area contributed by atoms with Crippen LogP contribution in [-0.4, -0.2) is 34.4 Å². The Morgan fingerprint density at radius 1 is 1.24 bits per heavy atom. The fourth-order valence-corrected chi connectivity index (χ4v) is 3.96. The molecule has 1 N–H and O–H groups in total. The predicted octanol–water partition coefficient (Wildman–Crippen LogP) is 4.42. The highest BCUT2D eigenvalue weighted by atomic mass is 32.1. The Bertz CT molecular complexity index is 831. The smallest absolute Gasteiger partial charge is 0.214 e. The standard InChI is InChI=1S/C19H24N4OS/c1-13(2)15-3-5-16(6-4-15)17-12-21-19-23(17)22-18(25-19)20-11-14-7-9-24-10-8-14/h3-6,12-14H,7-11H2,1-2H3,(H,20,22). The van der Waals surface area contributed by atoms with Crippen LogP contribution in [0, 0.1) is 5.92 Å². The third kappa shape index (κ3) is 3.55. The Morgan fingerprint density at radius 2 is 2.00 bits per heavy atom. The van der Waals surface area contributed by atoms with Crippen LogP contribution < -0.4 is 5.32 Å². The molecule has 0 amide bonds. The van der Waals surface area contributed by atoms with Gasteiger partial charge in [0.15, 0.2) is 0 Å². The molecule has 3 heterocycles. The number of hydrogen-bond donors (Lipinski definition) is 1. The van der Waals surface area contributed by atoms with E-state index in [1.165, 1.54) is 5.56 Å². The summed E-state index contributed by atoms with van der Waals surface area (Å²) in [6.07, 6.45) is 4.16. The summed E-state index contributed by atoms with van der Waals surface area (Å²) < 4.78 is 7.37. The van der Waals surface area contributed by atoms with Gasteiger partial charge < -0.3 is 10.1 Å². The molecule has 1 saturated heterocycles. The van der Waals surface area contributed by atoms with Crippen molar-refractivity contribution in [2.75, 3.05) is 25.1 Å². The van der Waals surface area contributed by atoms with Crippen molar-refractivity contribution in [2.24, 2.45) is 5.92 Å². The van der Waals surface area contributed by atoms with Crippen LogP contribution in [0.5, 0.6) is 0 Å². The van der Waals surface area contributed by atoms with E-state index < -0.39 is 0 Å². The number of fused-ring (bicyclic) bond motifs is 1. The molecule has 6 heteroatoms. The molecule has 0 unspecified atom stereocenters. The number of aromatic nitrogens is 3. The molecule has 0 bridgehead atoms. The Balaban J connectivity index is 1.51. The van der Waals surface area contributed by atoms with Crippen LogP contribution in [0.4, 0.5) is 5.13 Å². The van der Waals surface area contributed by atoms with Gasteiger partial charge >= 0.3 is 0 Å². The first kappa shape index (κ1) is 16.5. The van der Waals surface area contributed by atoms with Gasteiger partial charge in [0.05, 0.1) is 11.9 Å². The van der Waals surface area contributed by atoms with Gasteiger partial charge in [-0.05, 0) is 30.2 Å². The van der Waals surface area contributed by atoms with Crippen molar-refractivity contribution in [1.82, 2.24) is 14.6 Å². The zero-order chi connectivity index (χ0) is 17.2. The van der Waals surface area contributed by atoms with Crippen LogP contribution in [0.25, 0.3) is 16.2 Å². The van der Waals surface area contributed by atoms with Gasteiger partial charge in [0.1, 0.15) is 0 Å². The van der Waals surface area contributed by atoms with Crippen molar-refractivity contribution in [1.29, 1.82) is 0 Å². The number of anilines is 1. The lowest BCUT2D eigenvalue weighted by molar-refractivity contribution is 0.0699. The average Bonchev–Trinajstić information content (AvgIpc) is 3.21. The maximum atomic E-state index is 5.42. The number of ether oxygens (including phenoxy) is 1. The number of nitrogens with zero attached hydrogens (tertiary/aromatic N) is 3.